The van der Waals surface area contributed by atoms with Crippen molar-refractivity contribution in [1.82, 2.24) is 5.32 Å². The first-order valence-corrected chi connectivity index (χ1v) is 7.83. The summed E-state index contributed by atoms with van der Waals surface area (Å²) in [4.78, 5) is 24.1. The Balaban J connectivity index is 1.84. The van der Waals surface area contributed by atoms with Crippen LogP contribution in [-0.4, -0.2) is 24.5 Å². The SMILES string of the molecule is Cc1cccc(C)c1NC(=O)CNC(=O)[C@H](C)Oc1ccccc1. The Labute approximate surface area is 142 Å². The van der Waals surface area contributed by atoms with Crippen molar-refractivity contribution in [3.05, 3.63) is 59.7 Å². The van der Waals surface area contributed by atoms with Gasteiger partial charge in [0.05, 0.1) is 6.54 Å². The van der Waals surface area contributed by atoms with E-state index in [1.54, 1.807) is 19.1 Å². The average Bonchev–Trinajstić information content (AvgIpc) is 2.57. The van der Waals surface area contributed by atoms with Crippen LogP contribution in [0.1, 0.15) is 18.1 Å². The Hall–Kier alpha value is -2.82. The third-order valence-corrected chi connectivity index (χ3v) is 3.59. The van der Waals surface area contributed by atoms with Crippen molar-refractivity contribution in [1.29, 1.82) is 0 Å². The van der Waals surface area contributed by atoms with Gasteiger partial charge in [0.15, 0.2) is 6.10 Å². The molecule has 0 fully saturated rings. The van der Waals surface area contributed by atoms with Crippen molar-refractivity contribution < 1.29 is 14.3 Å². The van der Waals surface area contributed by atoms with Gasteiger partial charge in [-0.1, -0.05) is 36.4 Å². The van der Waals surface area contributed by atoms with Gasteiger partial charge in [-0.15, -0.1) is 0 Å². The molecule has 0 aliphatic carbocycles. The Morgan fingerprint density at radius 2 is 1.62 bits per heavy atom. The van der Waals surface area contributed by atoms with Gasteiger partial charge in [-0.05, 0) is 44.0 Å². The van der Waals surface area contributed by atoms with Crippen molar-refractivity contribution >= 4 is 17.5 Å². The van der Waals surface area contributed by atoms with E-state index >= 15 is 0 Å². The Morgan fingerprint density at radius 1 is 1.00 bits per heavy atom. The predicted molar refractivity (Wildman–Crippen MR) is 94.1 cm³/mol. The van der Waals surface area contributed by atoms with E-state index in [4.69, 9.17) is 4.74 Å². The lowest BCUT2D eigenvalue weighted by molar-refractivity contribution is -0.129. The van der Waals surface area contributed by atoms with Gasteiger partial charge in [-0.25, -0.2) is 0 Å². The topological polar surface area (TPSA) is 67.4 Å². The summed E-state index contributed by atoms with van der Waals surface area (Å²) < 4.78 is 5.52. The molecule has 0 bridgehead atoms. The monoisotopic (exact) mass is 326 g/mol. The van der Waals surface area contributed by atoms with Gasteiger partial charge < -0.3 is 15.4 Å². The molecule has 2 N–H and O–H groups in total. The number of amides is 2. The standard InChI is InChI=1S/C19H22N2O3/c1-13-8-7-9-14(2)18(13)21-17(22)12-20-19(23)15(3)24-16-10-5-4-6-11-16/h4-11,15H,12H2,1-3H3,(H,20,23)(H,21,22)/t15-/m0/s1. The van der Waals surface area contributed by atoms with Crippen molar-refractivity contribution in [2.75, 3.05) is 11.9 Å². The molecule has 5 nitrogen and oxygen atoms in total. The van der Waals surface area contributed by atoms with Crippen LogP contribution in [0.5, 0.6) is 5.75 Å². The van der Waals surface area contributed by atoms with E-state index in [-0.39, 0.29) is 18.4 Å². The van der Waals surface area contributed by atoms with Crippen LogP contribution < -0.4 is 15.4 Å². The van der Waals surface area contributed by atoms with E-state index in [9.17, 15) is 9.59 Å². The summed E-state index contributed by atoms with van der Waals surface area (Å²) in [5, 5.41) is 5.41. The maximum Gasteiger partial charge on any atom is 0.261 e. The predicted octanol–water partition coefficient (Wildman–Crippen LogP) is 2.83. The summed E-state index contributed by atoms with van der Waals surface area (Å²) in [6, 6.07) is 14.9. The second kappa shape index (κ2) is 8.15. The lowest BCUT2D eigenvalue weighted by Gasteiger charge is -2.15. The number of nitrogens with one attached hydrogen (secondary N) is 2. The number of rotatable bonds is 6. The number of hydrogen-bond acceptors (Lipinski definition) is 3. The number of carbonyl (C=O) groups excluding carboxylic acids is 2. The summed E-state index contributed by atoms with van der Waals surface area (Å²) in [6.45, 7) is 5.40. The fraction of sp³-hybridized carbons (Fsp3) is 0.263. The van der Waals surface area contributed by atoms with Crippen LogP contribution in [0.2, 0.25) is 0 Å². The highest BCUT2D eigenvalue weighted by molar-refractivity contribution is 5.96. The van der Waals surface area contributed by atoms with E-state index in [1.165, 1.54) is 0 Å². The Kier molecular flexibility index (Phi) is 5.95. The van der Waals surface area contributed by atoms with E-state index in [2.05, 4.69) is 10.6 Å². The molecule has 0 saturated carbocycles. The first kappa shape index (κ1) is 17.5. The number of aryl methyl sites for hydroxylation is 2. The van der Waals surface area contributed by atoms with Gasteiger partial charge in [-0.3, -0.25) is 9.59 Å². The molecular weight excluding hydrogens is 304 g/mol. The molecule has 0 spiro atoms. The van der Waals surface area contributed by atoms with Crippen molar-refractivity contribution in [3.8, 4) is 5.75 Å². The highest BCUT2D eigenvalue weighted by Crippen LogP contribution is 2.19. The first-order valence-electron chi connectivity index (χ1n) is 7.83. The van der Waals surface area contributed by atoms with Crippen LogP contribution in [0, 0.1) is 13.8 Å². The lowest BCUT2D eigenvalue weighted by atomic mass is 10.1. The van der Waals surface area contributed by atoms with E-state index in [0.717, 1.165) is 16.8 Å². The third-order valence-electron chi connectivity index (χ3n) is 3.59. The van der Waals surface area contributed by atoms with E-state index in [0.29, 0.717) is 5.75 Å². The average molecular weight is 326 g/mol. The maximum atomic E-state index is 12.0. The molecule has 5 heteroatoms. The molecule has 2 aromatic carbocycles. The number of benzene rings is 2. The molecule has 0 aliphatic rings. The summed E-state index contributed by atoms with van der Waals surface area (Å²) in [7, 11) is 0. The summed E-state index contributed by atoms with van der Waals surface area (Å²) >= 11 is 0. The van der Waals surface area contributed by atoms with Crippen LogP contribution in [-0.2, 0) is 9.59 Å². The summed E-state index contributed by atoms with van der Waals surface area (Å²) in [5.41, 5.74) is 2.75. The quantitative estimate of drug-likeness (QED) is 0.858. The molecule has 0 aromatic heterocycles. The van der Waals surface area contributed by atoms with Crippen LogP contribution in [0.25, 0.3) is 0 Å². The highest BCUT2D eigenvalue weighted by Gasteiger charge is 2.16. The minimum atomic E-state index is -0.680. The van der Waals surface area contributed by atoms with Crippen LogP contribution in [0.4, 0.5) is 5.69 Å². The molecule has 0 unspecified atom stereocenters. The van der Waals surface area contributed by atoms with Crippen LogP contribution >= 0.6 is 0 Å². The molecule has 2 amide bonds. The molecular formula is C19H22N2O3. The van der Waals surface area contributed by atoms with Gasteiger partial charge in [0, 0.05) is 5.69 Å². The fourth-order valence-corrected chi connectivity index (χ4v) is 2.26. The molecule has 126 valence electrons. The van der Waals surface area contributed by atoms with Gasteiger partial charge in [-0.2, -0.15) is 0 Å². The number of hydrogen-bond donors (Lipinski definition) is 2. The van der Waals surface area contributed by atoms with Crippen LogP contribution in [0.3, 0.4) is 0 Å². The van der Waals surface area contributed by atoms with Gasteiger partial charge in [0.2, 0.25) is 5.91 Å². The summed E-state index contributed by atoms with van der Waals surface area (Å²) in [6.07, 6.45) is -0.680. The zero-order valence-corrected chi connectivity index (χ0v) is 14.1. The van der Waals surface area contributed by atoms with Gasteiger partial charge >= 0.3 is 0 Å². The second-order valence-corrected chi connectivity index (χ2v) is 5.61. The molecule has 2 rings (SSSR count). The second-order valence-electron chi connectivity index (χ2n) is 5.61. The normalized spacial score (nSPS) is 11.5. The van der Waals surface area contributed by atoms with Crippen molar-refractivity contribution in [2.24, 2.45) is 0 Å². The zero-order chi connectivity index (χ0) is 17.5. The lowest BCUT2D eigenvalue weighted by Crippen LogP contribution is -2.40. The molecule has 1 atom stereocenters. The maximum absolute atomic E-state index is 12.0. The summed E-state index contributed by atoms with van der Waals surface area (Å²) in [5.74, 6) is 0.00306. The molecule has 0 aliphatic heterocycles. The first-order chi connectivity index (χ1) is 11.5. The highest BCUT2D eigenvalue weighted by atomic mass is 16.5. The largest absolute Gasteiger partial charge is 0.481 e. The number of ether oxygens (including phenoxy) is 1. The smallest absolute Gasteiger partial charge is 0.261 e. The van der Waals surface area contributed by atoms with Crippen molar-refractivity contribution in [2.45, 2.75) is 26.9 Å². The number of anilines is 1. The minimum absolute atomic E-state index is 0.102. The number of para-hydroxylation sites is 2. The minimum Gasteiger partial charge on any atom is -0.481 e. The van der Waals surface area contributed by atoms with E-state index in [1.807, 2.05) is 50.2 Å². The Morgan fingerprint density at radius 3 is 2.25 bits per heavy atom. The molecule has 0 radical (unpaired) electrons. The molecule has 0 heterocycles. The van der Waals surface area contributed by atoms with Gasteiger partial charge in [0.1, 0.15) is 5.75 Å². The molecule has 24 heavy (non-hydrogen) atoms. The third kappa shape index (κ3) is 4.84. The van der Waals surface area contributed by atoms with E-state index < -0.39 is 6.10 Å². The zero-order valence-electron chi connectivity index (χ0n) is 14.1. The molecule has 0 saturated heterocycles. The Bertz CT molecular complexity index is 694. The van der Waals surface area contributed by atoms with Crippen LogP contribution in [0.15, 0.2) is 48.5 Å². The van der Waals surface area contributed by atoms with Gasteiger partial charge in [0.25, 0.3) is 5.91 Å². The number of carbonyl (C=O) groups is 2. The fourth-order valence-electron chi connectivity index (χ4n) is 2.26. The molecule has 2 aromatic rings. The van der Waals surface area contributed by atoms with Crippen molar-refractivity contribution in [3.63, 3.8) is 0 Å².